The van der Waals surface area contributed by atoms with Crippen molar-refractivity contribution in [1.82, 2.24) is 0 Å². The van der Waals surface area contributed by atoms with E-state index in [9.17, 15) is 4.79 Å². The van der Waals surface area contributed by atoms with Crippen molar-refractivity contribution in [2.75, 3.05) is 7.11 Å². The van der Waals surface area contributed by atoms with Crippen LogP contribution in [0.5, 0.6) is 5.75 Å². The molecule has 0 N–H and O–H groups in total. The van der Waals surface area contributed by atoms with E-state index in [0.717, 1.165) is 0 Å². The maximum absolute atomic E-state index is 10.5. The summed E-state index contributed by atoms with van der Waals surface area (Å²) in [5.41, 5.74) is 0.697. The average molecular weight is 180 g/mol. The lowest BCUT2D eigenvalue weighted by atomic mass is 9.93. The van der Waals surface area contributed by atoms with Crippen LogP contribution in [0.1, 0.15) is 10.4 Å². The molecule has 0 fully saturated rings. The second kappa shape index (κ2) is 3.63. The Balaban J connectivity index is 3.38. The van der Waals surface area contributed by atoms with Gasteiger partial charge in [0.05, 0.1) is 17.7 Å². The normalized spacial score (nSPS) is 9.50. The number of hydrogen-bond acceptors (Lipinski definition) is 2. The molecule has 0 saturated carbocycles. The first-order chi connectivity index (χ1) is 5.70. The van der Waals surface area contributed by atoms with Crippen molar-refractivity contribution >= 4 is 31.2 Å². The summed E-state index contributed by atoms with van der Waals surface area (Å²) in [7, 11) is 6.97. The molecule has 0 aliphatic heterocycles. The van der Waals surface area contributed by atoms with E-state index < -0.39 is 0 Å². The van der Waals surface area contributed by atoms with E-state index in [0.29, 0.717) is 28.1 Å². The molecule has 0 aliphatic carbocycles. The number of methoxy groups -OCH3 is 1. The van der Waals surface area contributed by atoms with Crippen molar-refractivity contribution in [1.29, 1.82) is 0 Å². The second-order valence-electron chi connectivity index (χ2n) is 2.20. The summed E-state index contributed by atoms with van der Waals surface area (Å²) in [5.74, 6) is 0.331. The number of carbonyl (C=O) groups excluding carboxylic acids is 1. The molecule has 12 heavy (non-hydrogen) atoms. The highest BCUT2D eigenvalue weighted by molar-refractivity contribution is 6.38. The molecule has 0 saturated heterocycles. The average Bonchev–Trinajstić information content (AvgIpc) is 2.08. The summed E-state index contributed by atoms with van der Waals surface area (Å²) in [6, 6.07) is 3.15. The minimum atomic E-state index is 0.291. The van der Waals surface area contributed by atoms with E-state index in [4.69, 9.17) is 24.2 Å². The maximum atomic E-state index is 10.5. The molecule has 0 spiro atoms. The SMILES string of the molecule is [B]c1ccc(Cl)c(C=O)c1OC. The van der Waals surface area contributed by atoms with Crippen LogP contribution >= 0.6 is 11.6 Å². The topological polar surface area (TPSA) is 26.3 Å². The molecule has 0 aromatic heterocycles. The molecule has 0 aliphatic rings. The van der Waals surface area contributed by atoms with Gasteiger partial charge in [0.25, 0.3) is 0 Å². The first-order valence-corrected chi connectivity index (χ1v) is 3.65. The Morgan fingerprint density at radius 1 is 1.58 bits per heavy atom. The van der Waals surface area contributed by atoms with Gasteiger partial charge in [0, 0.05) is 0 Å². The predicted octanol–water partition coefficient (Wildman–Crippen LogP) is 0.955. The number of carbonyl (C=O) groups is 1. The van der Waals surface area contributed by atoms with Crippen molar-refractivity contribution in [3.8, 4) is 5.75 Å². The Labute approximate surface area is 76.9 Å². The van der Waals surface area contributed by atoms with E-state index in [1.165, 1.54) is 7.11 Å². The first kappa shape index (κ1) is 9.14. The minimum absolute atomic E-state index is 0.291. The molecule has 0 heterocycles. The number of ether oxygens (including phenoxy) is 1. The van der Waals surface area contributed by atoms with Gasteiger partial charge in [0.2, 0.25) is 0 Å². The fourth-order valence-corrected chi connectivity index (χ4v) is 1.12. The molecule has 4 heteroatoms. The molecule has 2 radical (unpaired) electrons. The lowest BCUT2D eigenvalue weighted by molar-refractivity contribution is 0.112. The molecular weight excluding hydrogens is 174 g/mol. The van der Waals surface area contributed by atoms with E-state index in [1.807, 2.05) is 0 Å². The van der Waals surface area contributed by atoms with Crippen molar-refractivity contribution < 1.29 is 9.53 Å². The highest BCUT2D eigenvalue weighted by atomic mass is 35.5. The van der Waals surface area contributed by atoms with Crippen LogP contribution < -0.4 is 10.2 Å². The van der Waals surface area contributed by atoms with Crippen LogP contribution in [0.3, 0.4) is 0 Å². The Bertz CT molecular complexity index is 312. The maximum Gasteiger partial charge on any atom is 0.155 e. The molecule has 1 aromatic rings. The predicted molar refractivity (Wildman–Crippen MR) is 48.8 cm³/mol. The first-order valence-electron chi connectivity index (χ1n) is 3.28. The lowest BCUT2D eigenvalue weighted by Gasteiger charge is -2.08. The molecule has 2 nitrogen and oxygen atoms in total. The summed E-state index contributed by atoms with van der Waals surface area (Å²) >= 11 is 5.71. The van der Waals surface area contributed by atoms with E-state index in [1.54, 1.807) is 12.1 Å². The molecular formula is C8H6BClO2. The van der Waals surface area contributed by atoms with Crippen LogP contribution in [0.2, 0.25) is 5.02 Å². The Morgan fingerprint density at radius 3 is 2.67 bits per heavy atom. The van der Waals surface area contributed by atoms with Crippen LogP contribution in [0.25, 0.3) is 0 Å². The van der Waals surface area contributed by atoms with Crippen molar-refractivity contribution in [2.45, 2.75) is 0 Å². The Kier molecular flexibility index (Phi) is 2.76. The van der Waals surface area contributed by atoms with Gasteiger partial charge in [-0.25, -0.2) is 0 Å². The van der Waals surface area contributed by atoms with Gasteiger partial charge in [-0.15, -0.1) is 0 Å². The molecule has 60 valence electrons. The molecule has 0 atom stereocenters. The highest BCUT2D eigenvalue weighted by Gasteiger charge is 2.08. The summed E-state index contributed by atoms with van der Waals surface area (Å²) in [6.07, 6.45) is 0.623. The smallest absolute Gasteiger partial charge is 0.155 e. The zero-order valence-corrected chi connectivity index (χ0v) is 7.26. The number of benzene rings is 1. The lowest BCUT2D eigenvalue weighted by Crippen LogP contribution is -2.09. The van der Waals surface area contributed by atoms with Gasteiger partial charge >= 0.3 is 0 Å². The Hall–Kier alpha value is -0.955. The highest BCUT2D eigenvalue weighted by Crippen LogP contribution is 2.21. The van der Waals surface area contributed by atoms with Gasteiger partial charge in [-0.1, -0.05) is 23.1 Å². The van der Waals surface area contributed by atoms with Gasteiger partial charge in [-0.2, -0.15) is 0 Å². The quantitative estimate of drug-likeness (QED) is 0.500. The molecule has 0 unspecified atom stereocenters. The van der Waals surface area contributed by atoms with E-state index in [2.05, 4.69) is 0 Å². The summed E-state index contributed by atoms with van der Waals surface area (Å²) in [5, 5.41) is 0.344. The van der Waals surface area contributed by atoms with E-state index >= 15 is 0 Å². The van der Waals surface area contributed by atoms with Crippen LogP contribution in [0.4, 0.5) is 0 Å². The molecule has 1 rings (SSSR count). The van der Waals surface area contributed by atoms with E-state index in [-0.39, 0.29) is 0 Å². The van der Waals surface area contributed by atoms with Gasteiger partial charge in [0.1, 0.15) is 13.6 Å². The second-order valence-corrected chi connectivity index (χ2v) is 2.61. The summed E-state index contributed by atoms with van der Waals surface area (Å²) in [4.78, 5) is 10.5. The zero-order valence-electron chi connectivity index (χ0n) is 6.50. The number of aldehydes is 1. The number of halogens is 1. The molecule has 0 amide bonds. The van der Waals surface area contributed by atoms with Crippen molar-refractivity contribution in [3.05, 3.63) is 22.7 Å². The third-order valence-corrected chi connectivity index (χ3v) is 1.82. The van der Waals surface area contributed by atoms with Gasteiger partial charge in [0.15, 0.2) is 6.29 Å². The molecule has 0 bridgehead atoms. The largest absolute Gasteiger partial charge is 0.497 e. The fraction of sp³-hybridized carbons (Fsp3) is 0.125. The third-order valence-electron chi connectivity index (χ3n) is 1.50. The van der Waals surface area contributed by atoms with Crippen LogP contribution in [-0.4, -0.2) is 21.2 Å². The third kappa shape index (κ3) is 1.46. The van der Waals surface area contributed by atoms with Gasteiger partial charge in [-0.05, 0) is 6.07 Å². The summed E-state index contributed by atoms with van der Waals surface area (Å²) < 4.78 is 4.91. The molecule has 1 aromatic carbocycles. The van der Waals surface area contributed by atoms with Gasteiger partial charge in [-0.3, -0.25) is 4.79 Å². The Morgan fingerprint density at radius 2 is 2.25 bits per heavy atom. The zero-order chi connectivity index (χ0) is 9.14. The van der Waals surface area contributed by atoms with Crippen LogP contribution in [-0.2, 0) is 0 Å². The number of rotatable bonds is 2. The number of hydrogen-bond donors (Lipinski definition) is 0. The fourth-order valence-electron chi connectivity index (χ4n) is 0.930. The monoisotopic (exact) mass is 180 g/mol. The summed E-state index contributed by atoms with van der Waals surface area (Å²) in [6.45, 7) is 0. The standard InChI is InChI=1S/C8H6BClO2/c1-12-8-5(4-11)7(10)3-2-6(8)9/h2-4H,1H3. The van der Waals surface area contributed by atoms with Crippen molar-refractivity contribution in [2.24, 2.45) is 0 Å². The minimum Gasteiger partial charge on any atom is -0.497 e. The van der Waals surface area contributed by atoms with Gasteiger partial charge < -0.3 is 4.74 Å². The van der Waals surface area contributed by atoms with Crippen molar-refractivity contribution in [3.63, 3.8) is 0 Å². The van der Waals surface area contributed by atoms with Crippen LogP contribution in [0.15, 0.2) is 12.1 Å². The van der Waals surface area contributed by atoms with Crippen LogP contribution in [0, 0.1) is 0 Å².